The molecule has 10 heteroatoms. The van der Waals surface area contributed by atoms with E-state index in [9.17, 15) is 9.59 Å². The van der Waals surface area contributed by atoms with Crippen LogP contribution in [0, 0.1) is 0 Å². The van der Waals surface area contributed by atoms with E-state index in [-0.39, 0.29) is 16.0 Å². The quantitative estimate of drug-likeness (QED) is 0.408. The second-order valence-corrected chi connectivity index (χ2v) is 9.48. The van der Waals surface area contributed by atoms with Crippen molar-refractivity contribution in [3.05, 3.63) is 92.9 Å². The largest absolute Gasteiger partial charge is 0.367 e. The van der Waals surface area contributed by atoms with E-state index in [0.717, 1.165) is 5.69 Å². The summed E-state index contributed by atoms with van der Waals surface area (Å²) in [5.74, 6) is -0.376. The molecule has 0 aliphatic carbocycles. The van der Waals surface area contributed by atoms with Crippen molar-refractivity contribution in [2.24, 2.45) is 0 Å². The van der Waals surface area contributed by atoms with Gasteiger partial charge in [-0.25, -0.2) is 0 Å². The third-order valence-electron chi connectivity index (χ3n) is 5.54. The lowest BCUT2D eigenvalue weighted by Gasteiger charge is -2.36. The van der Waals surface area contributed by atoms with Gasteiger partial charge in [-0.3, -0.25) is 14.9 Å². The van der Waals surface area contributed by atoms with Crippen LogP contribution in [0.5, 0.6) is 0 Å². The number of thiocarbonyl (C=S) groups is 1. The number of benzene rings is 3. The Morgan fingerprint density at radius 2 is 1.49 bits per heavy atom. The number of halogens is 3. The molecule has 6 nitrogen and oxygen atoms in total. The minimum atomic E-state index is -0.410. The van der Waals surface area contributed by atoms with E-state index in [4.69, 9.17) is 47.0 Å². The predicted octanol–water partition coefficient (Wildman–Crippen LogP) is 5.74. The molecule has 3 aromatic rings. The van der Waals surface area contributed by atoms with Crippen LogP contribution in [0.3, 0.4) is 0 Å². The molecule has 1 saturated heterocycles. The van der Waals surface area contributed by atoms with E-state index in [1.54, 1.807) is 18.2 Å². The van der Waals surface area contributed by atoms with Gasteiger partial charge in [0.25, 0.3) is 11.8 Å². The SMILES string of the molecule is O=C(NC(=S)Nc1ccc(N2CCN(C(=O)c3ccccc3)CC2)c(Cl)c1)c1ccc(Cl)c(Cl)c1. The van der Waals surface area contributed by atoms with Gasteiger partial charge in [0.05, 0.1) is 20.8 Å². The molecule has 1 aliphatic rings. The third kappa shape index (κ3) is 6.24. The zero-order valence-electron chi connectivity index (χ0n) is 18.4. The van der Waals surface area contributed by atoms with Crippen LogP contribution in [0.2, 0.25) is 15.1 Å². The number of nitrogens with one attached hydrogen (secondary N) is 2. The van der Waals surface area contributed by atoms with Crippen LogP contribution in [0.25, 0.3) is 0 Å². The van der Waals surface area contributed by atoms with Crippen LogP contribution < -0.4 is 15.5 Å². The standard InChI is InChI=1S/C25H21Cl3N4O2S/c26-19-8-6-17(14-20(19)27)23(33)30-25(35)29-18-7-9-22(21(28)15-18)31-10-12-32(13-11-31)24(34)16-4-2-1-3-5-16/h1-9,14-15H,10-13H2,(H2,29,30,33,35). The van der Waals surface area contributed by atoms with Crippen molar-refractivity contribution in [3.8, 4) is 0 Å². The number of rotatable bonds is 4. The van der Waals surface area contributed by atoms with Crippen molar-refractivity contribution < 1.29 is 9.59 Å². The molecular weight excluding hydrogens is 527 g/mol. The molecule has 2 amide bonds. The molecule has 2 N–H and O–H groups in total. The number of nitrogens with zero attached hydrogens (tertiary/aromatic N) is 2. The van der Waals surface area contributed by atoms with Gasteiger partial charge >= 0.3 is 0 Å². The first kappa shape index (κ1) is 25.3. The summed E-state index contributed by atoms with van der Waals surface area (Å²) >= 11 is 23.7. The number of carbonyl (C=O) groups is 2. The van der Waals surface area contributed by atoms with Gasteiger partial charge in [-0.2, -0.15) is 0 Å². The van der Waals surface area contributed by atoms with Gasteiger partial charge in [-0.15, -0.1) is 0 Å². The first-order chi connectivity index (χ1) is 16.8. The molecule has 0 unspecified atom stereocenters. The summed E-state index contributed by atoms with van der Waals surface area (Å²) in [5, 5.41) is 6.88. The maximum atomic E-state index is 12.7. The Hall–Kier alpha value is -2.84. The maximum Gasteiger partial charge on any atom is 0.257 e. The molecule has 35 heavy (non-hydrogen) atoms. The summed E-state index contributed by atoms with van der Waals surface area (Å²) in [6.45, 7) is 2.55. The van der Waals surface area contributed by atoms with Gasteiger partial charge in [0.1, 0.15) is 0 Å². The average Bonchev–Trinajstić information content (AvgIpc) is 2.86. The number of carbonyl (C=O) groups excluding carboxylic acids is 2. The molecule has 4 rings (SSSR count). The Morgan fingerprint density at radius 1 is 0.771 bits per heavy atom. The molecule has 0 atom stereocenters. The Labute approximate surface area is 223 Å². The molecule has 0 saturated carbocycles. The predicted molar refractivity (Wildman–Crippen MR) is 146 cm³/mol. The summed E-state index contributed by atoms with van der Waals surface area (Å²) in [4.78, 5) is 29.1. The van der Waals surface area contributed by atoms with Crippen LogP contribution in [0.4, 0.5) is 11.4 Å². The maximum absolute atomic E-state index is 12.7. The molecule has 1 aliphatic heterocycles. The second kappa shape index (κ2) is 11.3. The number of hydrogen-bond donors (Lipinski definition) is 2. The topological polar surface area (TPSA) is 64.7 Å². The smallest absolute Gasteiger partial charge is 0.257 e. The van der Waals surface area contributed by atoms with E-state index in [0.29, 0.717) is 53.0 Å². The fraction of sp³-hybridized carbons (Fsp3) is 0.160. The Balaban J connectivity index is 1.33. The summed E-state index contributed by atoms with van der Waals surface area (Å²) in [6.07, 6.45) is 0. The normalized spacial score (nSPS) is 13.3. The zero-order chi connectivity index (χ0) is 24.9. The zero-order valence-corrected chi connectivity index (χ0v) is 21.5. The fourth-order valence-electron chi connectivity index (χ4n) is 3.73. The number of anilines is 2. The third-order valence-corrected chi connectivity index (χ3v) is 6.79. The molecule has 0 radical (unpaired) electrons. The van der Waals surface area contributed by atoms with Crippen molar-refractivity contribution in [2.75, 3.05) is 36.4 Å². The Morgan fingerprint density at radius 3 is 2.14 bits per heavy atom. The van der Waals surface area contributed by atoms with Crippen molar-refractivity contribution in [3.63, 3.8) is 0 Å². The lowest BCUT2D eigenvalue weighted by atomic mass is 10.1. The van der Waals surface area contributed by atoms with Crippen LogP contribution in [-0.2, 0) is 0 Å². The molecular formula is C25H21Cl3N4O2S. The van der Waals surface area contributed by atoms with Crippen molar-refractivity contribution >= 4 is 75.3 Å². The fourth-order valence-corrected chi connectivity index (χ4v) is 4.54. The van der Waals surface area contributed by atoms with E-state index in [1.165, 1.54) is 6.07 Å². The van der Waals surface area contributed by atoms with Gasteiger partial charge < -0.3 is 15.1 Å². The van der Waals surface area contributed by atoms with E-state index < -0.39 is 5.91 Å². The highest BCUT2D eigenvalue weighted by Gasteiger charge is 2.23. The number of hydrogen-bond acceptors (Lipinski definition) is 4. The Kier molecular flexibility index (Phi) is 8.13. The molecule has 3 aromatic carbocycles. The molecule has 0 bridgehead atoms. The van der Waals surface area contributed by atoms with Crippen LogP contribution in [-0.4, -0.2) is 48.0 Å². The van der Waals surface area contributed by atoms with Crippen LogP contribution in [0.15, 0.2) is 66.7 Å². The van der Waals surface area contributed by atoms with Gasteiger partial charge in [-0.05, 0) is 60.7 Å². The summed E-state index contributed by atoms with van der Waals surface area (Å²) in [5.41, 5.74) is 2.53. The molecule has 0 spiro atoms. The first-order valence-electron chi connectivity index (χ1n) is 10.8. The molecule has 180 valence electrons. The summed E-state index contributed by atoms with van der Waals surface area (Å²) in [6, 6.07) is 19.3. The van der Waals surface area contributed by atoms with Crippen LogP contribution in [0.1, 0.15) is 20.7 Å². The number of piperazine rings is 1. The first-order valence-corrected chi connectivity index (χ1v) is 12.3. The van der Waals surface area contributed by atoms with Crippen molar-refractivity contribution in [1.29, 1.82) is 0 Å². The van der Waals surface area contributed by atoms with Gasteiger partial charge in [0, 0.05) is 43.0 Å². The highest BCUT2D eigenvalue weighted by atomic mass is 35.5. The van der Waals surface area contributed by atoms with Gasteiger partial charge in [0.2, 0.25) is 0 Å². The Bertz CT molecular complexity index is 1260. The van der Waals surface area contributed by atoms with Crippen molar-refractivity contribution in [1.82, 2.24) is 10.2 Å². The van der Waals surface area contributed by atoms with Crippen LogP contribution >= 0.6 is 47.0 Å². The number of amides is 2. The van der Waals surface area contributed by atoms with Gasteiger partial charge in [0.15, 0.2) is 5.11 Å². The summed E-state index contributed by atoms with van der Waals surface area (Å²) in [7, 11) is 0. The lowest BCUT2D eigenvalue weighted by Crippen LogP contribution is -2.48. The second-order valence-electron chi connectivity index (χ2n) is 7.85. The van der Waals surface area contributed by atoms with E-state index in [1.807, 2.05) is 47.4 Å². The highest BCUT2D eigenvalue weighted by Crippen LogP contribution is 2.30. The van der Waals surface area contributed by atoms with E-state index in [2.05, 4.69) is 15.5 Å². The minimum absolute atomic E-state index is 0.0346. The monoisotopic (exact) mass is 546 g/mol. The molecule has 1 heterocycles. The molecule has 1 fully saturated rings. The highest BCUT2D eigenvalue weighted by molar-refractivity contribution is 7.80. The lowest BCUT2D eigenvalue weighted by molar-refractivity contribution is 0.0746. The molecule has 0 aromatic heterocycles. The van der Waals surface area contributed by atoms with Gasteiger partial charge in [-0.1, -0.05) is 53.0 Å². The van der Waals surface area contributed by atoms with E-state index >= 15 is 0 Å². The average molecular weight is 548 g/mol. The minimum Gasteiger partial charge on any atom is -0.367 e. The summed E-state index contributed by atoms with van der Waals surface area (Å²) < 4.78 is 0. The van der Waals surface area contributed by atoms with Crippen molar-refractivity contribution in [2.45, 2.75) is 0 Å².